The first kappa shape index (κ1) is 18.2. The molecule has 1 rings (SSSR count). The van der Waals surface area contributed by atoms with Gasteiger partial charge in [0.25, 0.3) is 5.91 Å². The highest BCUT2D eigenvalue weighted by atomic mass is 32.2. The fourth-order valence-electron chi connectivity index (χ4n) is 1.92. The van der Waals surface area contributed by atoms with E-state index in [2.05, 4.69) is 5.32 Å². The molecule has 0 aromatic heterocycles. The predicted molar refractivity (Wildman–Crippen MR) is 83.4 cm³/mol. The van der Waals surface area contributed by atoms with Gasteiger partial charge in [-0.25, -0.2) is 8.42 Å². The summed E-state index contributed by atoms with van der Waals surface area (Å²) in [4.78, 5) is 22.7. The second kappa shape index (κ2) is 6.91. The average Bonchev–Trinajstić information content (AvgIpc) is 2.35. The van der Waals surface area contributed by atoms with Crippen LogP contribution < -0.4 is 5.32 Å². The average molecular weight is 327 g/mol. The topological polar surface area (TPSA) is 101 Å². The Hall–Kier alpha value is -1.89. The molecular weight excluding hydrogens is 306 g/mol. The number of carbonyl (C=O) groups is 2. The fourth-order valence-corrected chi connectivity index (χ4v) is 2.71. The fraction of sp³-hybridized carbons (Fsp3) is 0.467. The first-order valence-corrected chi connectivity index (χ1v) is 8.85. The lowest BCUT2D eigenvalue weighted by Crippen LogP contribution is -2.43. The number of nitrogens with one attached hydrogen (secondary N) is 1. The van der Waals surface area contributed by atoms with Gasteiger partial charge in [-0.2, -0.15) is 0 Å². The van der Waals surface area contributed by atoms with E-state index in [4.69, 9.17) is 5.11 Å². The van der Waals surface area contributed by atoms with Crippen molar-refractivity contribution < 1.29 is 23.1 Å². The minimum Gasteiger partial charge on any atom is -0.481 e. The molecule has 0 radical (unpaired) electrons. The SMILES string of the molecule is CC(C)(CCC(=O)O)NC(=O)c1ccc(CS(C)(=O)=O)cc1. The van der Waals surface area contributed by atoms with Gasteiger partial charge >= 0.3 is 5.97 Å². The molecule has 1 aromatic carbocycles. The van der Waals surface area contributed by atoms with Gasteiger partial charge in [-0.05, 0) is 38.0 Å². The predicted octanol–water partition coefficient (Wildman–Crippen LogP) is 1.60. The molecule has 7 heteroatoms. The van der Waals surface area contributed by atoms with Crippen LogP contribution in [0.25, 0.3) is 0 Å². The molecule has 0 aliphatic heterocycles. The highest BCUT2D eigenvalue weighted by Crippen LogP contribution is 2.14. The third kappa shape index (κ3) is 6.71. The summed E-state index contributed by atoms with van der Waals surface area (Å²) in [5.74, 6) is -1.30. The summed E-state index contributed by atoms with van der Waals surface area (Å²) in [7, 11) is -3.11. The van der Waals surface area contributed by atoms with E-state index in [0.29, 0.717) is 17.5 Å². The van der Waals surface area contributed by atoms with Crippen molar-refractivity contribution in [2.75, 3.05) is 6.26 Å². The van der Waals surface area contributed by atoms with Gasteiger partial charge in [0, 0.05) is 23.8 Å². The smallest absolute Gasteiger partial charge is 0.303 e. The standard InChI is InChI=1S/C15H21NO5S/c1-15(2,9-8-13(17)18)16-14(19)12-6-4-11(5-7-12)10-22(3,20)21/h4-7H,8-10H2,1-3H3,(H,16,19)(H,17,18). The zero-order valence-corrected chi connectivity index (χ0v) is 13.7. The Labute approximate surface area is 130 Å². The summed E-state index contributed by atoms with van der Waals surface area (Å²) in [6.07, 6.45) is 1.44. The quantitative estimate of drug-likeness (QED) is 0.792. The lowest BCUT2D eigenvalue weighted by atomic mass is 9.97. The Morgan fingerprint density at radius 1 is 1.18 bits per heavy atom. The van der Waals surface area contributed by atoms with Crippen LogP contribution in [0.4, 0.5) is 0 Å². The largest absolute Gasteiger partial charge is 0.481 e. The Morgan fingerprint density at radius 3 is 2.18 bits per heavy atom. The number of carboxylic acids is 1. The molecule has 0 spiro atoms. The van der Waals surface area contributed by atoms with Gasteiger partial charge in [-0.1, -0.05) is 12.1 Å². The minimum atomic E-state index is -3.11. The van der Waals surface area contributed by atoms with Crippen molar-refractivity contribution in [3.8, 4) is 0 Å². The number of hydrogen-bond donors (Lipinski definition) is 2. The molecule has 6 nitrogen and oxygen atoms in total. The molecule has 2 N–H and O–H groups in total. The number of carbonyl (C=O) groups excluding carboxylic acids is 1. The molecule has 22 heavy (non-hydrogen) atoms. The van der Waals surface area contributed by atoms with E-state index in [1.54, 1.807) is 38.1 Å². The minimum absolute atomic E-state index is 0.0272. The van der Waals surface area contributed by atoms with Gasteiger partial charge in [0.15, 0.2) is 9.84 Å². The lowest BCUT2D eigenvalue weighted by molar-refractivity contribution is -0.137. The van der Waals surface area contributed by atoms with Gasteiger partial charge in [-0.3, -0.25) is 9.59 Å². The van der Waals surface area contributed by atoms with Crippen LogP contribution in [0.1, 0.15) is 42.6 Å². The Balaban J connectivity index is 2.71. The number of hydrogen-bond acceptors (Lipinski definition) is 4. The molecule has 0 aliphatic rings. The van der Waals surface area contributed by atoms with Crippen LogP contribution in [0.15, 0.2) is 24.3 Å². The monoisotopic (exact) mass is 327 g/mol. The van der Waals surface area contributed by atoms with Gasteiger partial charge in [-0.15, -0.1) is 0 Å². The molecule has 0 unspecified atom stereocenters. The Bertz CT molecular complexity index is 647. The third-order valence-electron chi connectivity index (χ3n) is 3.06. The Morgan fingerprint density at radius 2 is 1.73 bits per heavy atom. The number of amides is 1. The molecule has 0 heterocycles. The molecule has 0 aliphatic carbocycles. The zero-order valence-electron chi connectivity index (χ0n) is 12.9. The Kier molecular flexibility index (Phi) is 5.71. The molecule has 0 saturated carbocycles. The van der Waals surface area contributed by atoms with Gasteiger partial charge in [0.1, 0.15) is 0 Å². The summed E-state index contributed by atoms with van der Waals surface area (Å²) >= 11 is 0. The first-order valence-electron chi connectivity index (χ1n) is 6.79. The number of sulfone groups is 1. The van der Waals surface area contributed by atoms with Crippen LogP contribution in [-0.2, 0) is 20.4 Å². The van der Waals surface area contributed by atoms with Gasteiger partial charge < -0.3 is 10.4 Å². The molecule has 0 fully saturated rings. The maximum Gasteiger partial charge on any atom is 0.303 e. The van der Waals surface area contributed by atoms with E-state index < -0.39 is 21.3 Å². The van der Waals surface area contributed by atoms with E-state index >= 15 is 0 Å². The van der Waals surface area contributed by atoms with Crippen molar-refractivity contribution in [1.82, 2.24) is 5.32 Å². The van der Waals surface area contributed by atoms with E-state index in [1.807, 2.05) is 0 Å². The van der Waals surface area contributed by atoms with Gasteiger partial charge in [0.2, 0.25) is 0 Å². The van der Waals surface area contributed by atoms with Crippen LogP contribution in [0.2, 0.25) is 0 Å². The van der Waals surface area contributed by atoms with Crippen molar-refractivity contribution >= 4 is 21.7 Å². The summed E-state index contributed by atoms with van der Waals surface area (Å²) in [5.41, 5.74) is 0.380. The van der Waals surface area contributed by atoms with Crippen molar-refractivity contribution in [3.63, 3.8) is 0 Å². The number of carboxylic acid groups (broad SMARTS) is 1. The molecule has 0 bridgehead atoms. The van der Waals surface area contributed by atoms with Crippen LogP contribution >= 0.6 is 0 Å². The highest BCUT2D eigenvalue weighted by Gasteiger charge is 2.22. The second-order valence-electron chi connectivity index (χ2n) is 6.00. The summed E-state index contributed by atoms with van der Waals surface area (Å²) in [6.45, 7) is 3.51. The normalized spacial score (nSPS) is 12.0. The van der Waals surface area contributed by atoms with Crippen molar-refractivity contribution in [2.24, 2.45) is 0 Å². The van der Waals surface area contributed by atoms with Crippen LogP contribution in [0.5, 0.6) is 0 Å². The van der Waals surface area contributed by atoms with Crippen LogP contribution in [0.3, 0.4) is 0 Å². The number of aliphatic carboxylic acids is 1. The maximum absolute atomic E-state index is 12.1. The van der Waals surface area contributed by atoms with Crippen LogP contribution in [0, 0.1) is 0 Å². The number of benzene rings is 1. The molecule has 0 atom stereocenters. The molecule has 122 valence electrons. The summed E-state index contributed by atoms with van der Waals surface area (Å²) < 4.78 is 22.4. The maximum atomic E-state index is 12.1. The van der Waals surface area contributed by atoms with Crippen molar-refractivity contribution in [1.29, 1.82) is 0 Å². The summed E-state index contributed by atoms with van der Waals surface area (Å²) in [6, 6.07) is 6.31. The second-order valence-corrected chi connectivity index (χ2v) is 8.14. The summed E-state index contributed by atoms with van der Waals surface area (Å²) in [5, 5.41) is 11.5. The van der Waals surface area contributed by atoms with E-state index in [-0.39, 0.29) is 18.1 Å². The first-order chi connectivity index (χ1) is 9.98. The van der Waals surface area contributed by atoms with Crippen molar-refractivity contribution in [2.45, 2.75) is 38.0 Å². The third-order valence-corrected chi connectivity index (χ3v) is 3.92. The molecule has 0 saturated heterocycles. The van der Waals surface area contributed by atoms with E-state index in [9.17, 15) is 18.0 Å². The number of rotatable bonds is 7. The zero-order chi connectivity index (χ0) is 17.0. The molecular formula is C15H21NO5S. The highest BCUT2D eigenvalue weighted by molar-refractivity contribution is 7.89. The lowest BCUT2D eigenvalue weighted by Gasteiger charge is -2.25. The molecule has 1 amide bonds. The van der Waals surface area contributed by atoms with Crippen LogP contribution in [-0.4, -0.2) is 37.2 Å². The van der Waals surface area contributed by atoms with E-state index in [0.717, 1.165) is 6.26 Å². The van der Waals surface area contributed by atoms with Gasteiger partial charge in [0.05, 0.1) is 5.75 Å². The van der Waals surface area contributed by atoms with Crippen molar-refractivity contribution in [3.05, 3.63) is 35.4 Å². The molecule has 1 aromatic rings. The van der Waals surface area contributed by atoms with E-state index in [1.165, 1.54) is 0 Å².